The van der Waals surface area contributed by atoms with E-state index in [0.29, 0.717) is 12.3 Å². The number of carbonyl (C=O) groups is 1. The molecule has 2 aromatic carbocycles. The van der Waals surface area contributed by atoms with Crippen LogP contribution in [-0.4, -0.2) is 47.8 Å². The summed E-state index contributed by atoms with van der Waals surface area (Å²) in [6, 6.07) is 11.1. The molecular formula is C19H20F2N2O3. The molecule has 0 saturated carbocycles. The van der Waals surface area contributed by atoms with E-state index in [1.54, 1.807) is 12.1 Å². The van der Waals surface area contributed by atoms with Gasteiger partial charge in [-0.2, -0.15) is 0 Å². The lowest BCUT2D eigenvalue weighted by atomic mass is 10.1. The number of aliphatic hydroxyl groups is 1. The van der Waals surface area contributed by atoms with Crippen molar-refractivity contribution in [2.75, 3.05) is 19.6 Å². The maximum Gasteiger partial charge on any atom is 0.257 e. The fourth-order valence-corrected chi connectivity index (χ4v) is 2.84. The molecule has 26 heavy (non-hydrogen) atoms. The van der Waals surface area contributed by atoms with Crippen molar-refractivity contribution in [2.24, 2.45) is 5.73 Å². The lowest BCUT2D eigenvalue weighted by Gasteiger charge is -2.16. The predicted octanol–water partition coefficient (Wildman–Crippen LogP) is 2.27. The Bertz CT molecular complexity index is 773. The van der Waals surface area contributed by atoms with Gasteiger partial charge >= 0.3 is 0 Å². The molecule has 5 nitrogen and oxygen atoms in total. The topological polar surface area (TPSA) is 75.8 Å². The molecule has 0 aliphatic carbocycles. The van der Waals surface area contributed by atoms with Crippen molar-refractivity contribution in [3.8, 4) is 11.5 Å². The SMILES string of the molecule is NCCc1ccc(Oc2ccc(F)c(C(=O)N3C[C@@H](O)[C@H](F)C3)c2)cc1. The molecule has 0 radical (unpaired) electrons. The molecule has 0 aromatic heterocycles. The van der Waals surface area contributed by atoms with Gasteiger partial charge in [0.05, 0.1) is 12.1 Å². The number of amides is 1. The van der Waals surface area contributed by atoms with Gasteiger partial charge in [-0.1, -0.05) is 12.1 Å². The molecule has 2 atom stereocenters. The minimum absolute atomic E-state index is 0.160. The summed E-state index contributed by atoms with van der Waals surface area (Å²) < 4.78 is 33.2. The molecule has 0 bridgehead atoms. The highest BCUT2D eigenvalue weighted by atomic mass is 19.1. The number of carbonyl (C=O) groups excluding carboxylic acids is 1. The second kappa shape index (κ2) is 7.80. The van der Waals surface area contributed by atoms with Crippen molar-refractivity contribution < 1.29 is 23.4 Å². The van der Waals surface area contributed by atoms with Crippen LogP contribution in [0, 0.1) is 5.82 Å². The second-order valence-electron chi connectivity index (χ2n) is 6.22. The molecule has 7 heteroatoms. The zero-order valence-corrected chi connectivity index (χ0v) is 14.1. The number of rotatable bonds is 5. The van der Waals surface area contributed by atoms with E-state index in [0.717, 1.165) is 23.0 Å². The Morgan fingerprint density at radius 2 is 1.88 bits per heavy atom. The van der Waals surface area contributed by atoms with Crippen molar-refractivity contribution in [3.05, 3.63) is 59.4 Å². The first-order valence-electron chi connectivity index (χ1n) is 8.35. The van der Waals surface area contributed by atoms with Gasteiger partial charge in [0, 0.05) is 6.54 Å². The average molecular weight is 362 g/mol. The predicted molar refractivity (Wildman–Crippen MR) is 92.5 cm³/mol. The lowest BCUT2D eigenvalue weighted by Crippen LogP contribution is -2.30. The Kier molecular flexibility index (Phi) is 5.49. The number of hydrogen-bond acceptors (Lipinski definition) is 4. The minimum Gasteiger partial charge on any atom is -0.457 e. The zero-order chi connectivity index (χ0) is 18.7. The quantitative estimate of drug-likeness (QED) is 0.856. The summed E-state index contributed by atoms with van der Waals surface area (Å²) in [5.74, 6) is -0.572. The van der Waals surface area contributed by atoms with Crippen LogP contribution >= 0.6 is 0 Å². The summed E-state index contributed by atoms with van der Waals surface area (Å²) in [5, 5.41) is 9.45. The summed E-state index contributed by atoms with van der Waals surface area (Å²) in [6.45, 7) is 0.134. The van der Waals surface area contributed by atoms with E-state index in [1.165, 1.54) is 12.1 Å². The van der Waals surface area contributed by atoms with Crippen LogP contribution < -0.4 is 10.5 Å². The Morgan fingerprint density at radius 3 is 2.50 bits per heavy atom. The number of β-amino-alcohol motifs (C(OH)–C–C–N with tert-alkyl or cyclic N) is 1. The number of benzene rings is 2. The third kappa shape index (κ3) is 4.00. The zero-order valence-electron chi connectivity index (χ0n) is 14.1. The van der Waals surface area contributed by atoms with Crippen LogP contribution in [0.5, 0.6) is 11.5 Å². The van der Waals surface area contributed by atoms with E-state index < -0.39 is 24.0 Å². The van der Waals surface area contributed by atoms with Crippen LogP contribution in [0.4, 0.5) is 8.78 Å². The monoisotopic (exact) mass is 362 g/mol. The van der Waals surface area contributed by atoms with Crippen molar-refractivity contribution >= 4 is 5.91 Å². The number of ether oxygens (including phenoxy) is 1. The van der Waals surface area contributed by atoms with Gasteiger partial charge in [-0.25, -0.2) is 8.78 Å². The summed E-state index contributed by atoms with van der Waals surface area (Å²) in [4.78, 5) is 13.5. The van der Waals surface area contributed by atoms with E-state index in [4.69, 9.17) is 10.5 Å². The van der Waals surface area contributed by atoms with Gasteiger partial charge in [0.25, 0.3) is 5.91 Å². The number of nitrogens with zero attached hydrogens (tertiary/aromatic N) is 1. The van der Waals surface area contributed by atoms with Crippen LogP contribution in [0.25, 0.3) is 0 Å². The smallest absolute Gasteiger partial charge is 0.257 e. The molecule has 3 N–H and O–H groups in total. The molecule has 138 valence electrons. The number of halogens is 2. The maximum atomic E-state index is 14.1. The first-order valence-corrected chi connectivity index (χ1v) is 8.35. The first-order chi connectivity index (χ1) is 12.5. The minimum atomic E-state index is -1.52. The molecule has 1 heterocycles. The summed E-state index contributed by atoms with van der Waals surface area (Å²) in [6.07, 6.45) is -2.01. The molecule has 3 rings (SSSR count). The molecule has 0 spiro atoms. The average Bonchev–Trinajstić information content (AvgIpc) is 2.97. The molecular weight excluding hydrogens is 342 g/mol. The number of alkyl halides is 1. The fraction of sp³-hybridized carbons (Fsp3) is 0.316. The Morgan fingerprint density at radius 1 is 1.19 bits per heavy atom. The van der Waals surface area contributed by atoms with Gasteiger partial charge in [0.15, 0.2) is 0 Å². The molecule has 1 amide bonds. The largest absolute Gasteiger partial charge is 0.457 e. The number of nitrogens with two attached hydrogens (primary N) is 1. The summed E-state index contributed by atoms with van der Waals surface area (Å²) in [5.41, 5.74) is 6.36. The maximum absolute atomic E-state index is 14.1. The van der Waals surface area contributed by atoms with Crippen LogP contribution in [0.3, 0.4) is 0 Å². The summed E-state index contributed by atoms with van der Waals surface area (Å²) in [7, 11) is 0. The highest BCUT2D eigenvalue weighted by molar-refractivity contribution is 5.95. The molecule has 1 aliphatic heterocycles. The van der Waals surface area contributed by atoms with Gasteiger partial charge in [0.1, 0.15) is 29.6 Å². The second-order valence-corrected chi connectivity index (χ2v) is 6.22. The van der Waals surface area contributed by atoms with Gasteiger partial charge in [-0.3, -0.25) is 4.79 Å². The van der Waals surface area contributed by atoms with Crippen LogP contribution in [0.15, 0.2) is 42.5 Å². The van der Waals surface area contributed by atoms with E-state index >= 15 is 0 Å². The number of hydrogen-bond donors (Lipinski definition) is 2. The van der Waals surface area contributed by atoms with Crippen LogP contribution in [0.1, 0.15) is 15.9 Å². The van der Waals surface area contributed by atoms with E-state index in [9.17, 15) is 18.7 Å². The number of likely N-dealkylation sites (tertiary alicyclic amines) is 1. The third-order valence-corrected chi connectivity index (χ3v) is 4.27. The standard InChI is InChI=1S/C19H20F2N2O3/c20-16-6-5-14(26-13-3-1-12(2-4-13)7-8-22)9-15(16)19(25)23-10-17(21)18(24)11-23/h1-6,9,17-18,24H,7-8,10-11,22H2/t17-,18-/m1/s1. The molecule has 2 aromatic rings. The Hall–Kier alpha value is -2.51. The van der Waals surface area contributed by atoms with Gasteiger partial charge in [-0.05, 0) is 48.9 Å². The molecule has 1 saturated heterocycles. The highest BCUT2D eigenvalue weighted by Crippen LogP contribution is 2.26. The Labute approximate surface area is 150 Å². The van der Waals surface area contributed by atoms with Crippen molar-refractivity contribution in [3.63, 3.8) is 0 Å². The van der Waals surface area contributed by atoms with E-state index in [2.05, 4.69) is 0 Å². The number of aliphatic hydroxyl groups excluding tert-OH is 1. The summed E-state index contributed by atoms with van der Waals surface area (Å²) >= 11 is 0. The van der Waals surface area contributed by atoms with Gasteiger partial charge in [-0.15, -0.1) is 0 Å². The first kappa shape index (κ1) is 18.3. The van der Waals surface area contributed by atoms with Crippen LogP contribution in [-0.2, 0) is 6.42 Å². The van der Waals surface area contributed by atoms with Crippen LogP contribution in [0.2, 0.25) is 0 Å². The van der Waals surface area contributed by atoms with E-state index in [1.807, 2.05) is 12.1 Å². The van der Waals surface area contributed by atoms with Crippen molar-refractivity contribution in [1.29, 1.82) is 0 Å². The van der Waals surface area contributed by atoms with Crippen molar-refractivity contribution in [2.45, 2.75) is 18.7 Å². The lowest BCUT2D eigenvalue weighted by molar-refractivity contribution is 0.0759. The van der Waals surface area contributed by atoms with E-state index in [-0.39, 0.29) is 24.4 Å². The highest BCUT2D eigenvalue weighted by Gasteiger charge is 2.35. The van der Waals surface area contributed by atoms with Crippen molar-refractivity contribution in [1.82, 2.24) is 4.90 Å². The normalized spacial score (nSPS) is 19.6. The molecule has 0 unspecified atom stereocenters. The van der Waals surface area contributed by atoms with Gasteiger partial charge in [0.2, 0.25) is 0 Å². The molecule has 1 aliphatic rings. The Balaban J connectivity index is 1.76. The third-order valence-electron chi connectivity index (χ3n) is 4.27. The fourth-order valence-electron chi connectivity index (χ4n) is 2.84. The molecule has 1 fully saturated rings. The van der Waals surface area contributed by atoms with Gasteiger partial charge < -0.3 is 20.5 Å².